The normalized spacial score (nSPS) is 22.9. The van der Waals surface area contributed by atoms with Crippen LogP contribution in [0.25, 0.3) is 29.2 Å². The van der Waals surface area contributed by atoms with Crippen molar-refractivity contribution in [3.05, 3.63) is 109 Å². The van der Waals surface area contributed by atoms with Gasteiger partial charge in [0, 0.05) is 20.1 Å². The van der Waals surface area contributed by atoms with Gasteiger partial charge < -0.3 is 31.9 Å². The Hall–Kier alpha value is -5.21. The molecule has 0 spiro atoms. The minimum Gasteiger partial charge on any atom is -0.465 e. The first-order chi connectivity index (χ1) is 27.4. The number of oxazole rings is 3. The van der Waals surface area contributed by atoms with E-state index in [1.165, 1.54) is 32.0 Å². The highest BCUT2D eigenvalue weighted by Crippen LogP contribution is 2.38. The molecule has 1 aliphatic heterocycles. The van der Waals surface area contributed by atoms with E-state index in [0.29, 0.717) is 29.4 Å². The van der Waals surface area contributed by atoms with Gasteiger partial charge in [-0.3, -0.25) is 9.59 Å². The number of esters is 1. The van der Waals surface area contributed by atoms with E-state index in [1.807, 2.05) is 49.4 Å². The van der Waals surface area contributed by atoms with Gasteiger partial charge in [0.25, 0.3) is 8.32 Å². The number of hydrogen-bond donors (Lipinski definition) is 0. The molecule has 0 N–H and O–H groups in total. The summed E-state index contributed by atoms with van der Waals surface area (Å²) < 4.78 is 42.0. The number of hydrogen-bond acceptors (Lipinski definition) is 12. The quantitative estimate of drug-likeness (QED) is 0.122. The molecule has 6 rings (SSSR count). The number of allylic oxidation sites excluding steroid dienone is 1. The monoisotopic (exact) mass is 793 g/mol. The predicted molar refractivity (Wildman–Crippen MR) is 217 cm³/mol. The maximum atomic E-state index is 13.7. The second-order valence-corrected chi connectivity index (χ2v) is 19.6. The molecule has 4 heterocycles. The molecule has 13 heteroatoms. The van der Waals surface area contributed by atoms with Crippen molar-refractivity contribution in [1.29, 1.82) is 0 Å². The van der Waals surface area contributed by atoms with Crippen LogP contribution in [0.4, 0.5) is 0 Å². The Morgan fingerprint density at radius 2 is 1.35 bits per heavy atom. The number of fused-ring (bicyclic) bond motifs is 8. The number of carbonyl (C=O) groups is 2. The summed E-state index contributed by atoms with van der Waals surface area (Å²) in [4.78, 5) is 41.1. The fourth-order valence-electron chi connectivity index (χ4n) is 7.26. The molecule has 0 radical (unpaired) electrons. The lowest BCUT2D eigenvalue weighted by atomic mass is 9.96. The molecule has 0 saturated carbocycles. The van der Waals surface area contributed by atoms with Crippen molar-refractivity contribution in [2.75, 3.05) is 20.8 Å². The smallest absolute Gasteiger partial charge is 0.308 e. The SMILES string of the molecule is COC1c2coc(n2)-c2coc(n2)-c2coc(n2)/C=C/C[C@H](OC)[C@@H](C)COC(=O)C[C@@H](O[Si](c2ccccc2)(c2ccccc2)C(C)(C)C)C/C=C/C(=O)[C@@H]1C. The maximum absolute atomic E-state index is 13.7. The van der Waals surface area contributed by atoms with E-state index < -0.39 is 32.4 Å². The van der Waals surface area contributed by atoms with Crippen molar-refractivity contribution in [3.63, 3.8) is 0 Å². The zero-order valence-corrected chi connectivity index (χ0v) is 34.5. The molecular formula is C44H51N3O9Si. The standard InChI is InChI=1S/C44H51N3O9Si/c1-29-25-53-40(49)24-31(56-57(44(3,4)5,32-17-10-8-11-18-32)33-19-12-9-13-20-33)16-14-21-37(48)30(2)41(51-7)34-26-54-43(46-34)36-28-55-42(47-36)35-27-52-39(45-35)23-15-22-38(29)50-6/h8-15,17-21,23,26-31,38,41H,16,22,24-25H2,1-7H3/b21-14+,23-15+/t29-,30-,31-,38-,41?/m0/s1. The number of rotatable bonds is 6. The fourth-order valence-corrected chi connectivity index (χ4v) is 12.0. The molecule has 0 aliphatic carbocycles. The van der Waals surface area contributed by atoms with Gasteiger partial charge in [0.15, 0.2) is 17.2 Å². The lowest BCUT2D eigenvalue weighted by Gasteiger charge is -2.45. The molecule has 0 saturated heterocycles. The second kappa shape index (κ2) is 18.4. The number of methoxy groups -OCH3 is 2. The third kappa shape index (κ3) is 9.50. The zero-order chi connectivity index (χ0) is 40.6. The highest BCUT2D eigenvalue weighted by molar-refractivity contribution is 6.99. The van der Waals surface area contributed by atoms with Crippen molar-refractivity contribution in [3.8, 4) is 23.2 Å². The molecule has 300 valence electrons. The van der Waals surface area contributed by atoms with Crippen LogP contribution in [0, 0.1) is 11.8 Å². The molecule has 5 atom stereocenters. The van der Waals surface area contributed by atoms with E-state index in [9.17, 15) is 9.59 Å². The van der Waals surface area contributed by atoms with Gasteiger partial charge in [-0.05, 0) is 40.4 Å². The van der Waals surface area contributed by atoms with E-state index in [4.69, 9.17) is 31.9 Å². The summed E-state index contributed by atoms with van der Waals surface area (Å²) in [5, 5.41) is 1.81. The van der Waals surface area contributed by atoms with Crippen LogP contribution < -0.4 is 10.4 Å². The van der Waals surface area contributed by atoms with Gasteiger partial charge in [0.1, 0.15) is 30.6 Å². The van der Waals surface area contributed by atoms with Gasteiger partial charge in [-0.1, -0.05) is 107 Å². The van der Waals surface area contributed by atoms with Crippen LogP contribution in [-0.4, -0.2) is 68.1 Å². The highest BCUT2D eigenvalue weighted by Gasteiger charge is 2.51. The summed E-state index contributed by atoms with van der Waals surface area (Å²) >= 11 is 0. The van der Waals surface area contributed by atoms with Gasteiger partial charge in [-0.15, -0.1) is 0 Å². The Bertz CT molecular complexity index is 2090. The molecule has 6 bridgehead atoms. The van der Waals surface area contributed by atoms with Crippen LogP contribution in [0.3, 0.4) is 0 Å². The van der Waals surface area contributed by atoms with Gasteiger partial charge in [0.2, 0.25) is 17.7 Å². The average molecular weight is 794 g/mol. The summed E-state index contributed by atoms with van der Waals surface area (Å²) in [5.74, 6) is -0.601. The van der Waals surface area contributed by atoms with E-state index >= 15 is 0 Å². The molecule has 2 aromatic carbocycles. The highest BCUT2D eigenvalue weighted by atomic mass is 28.4. The summed E-state index contributed by atoms with van der Waals surface area (Å²) in [6, 6.07) is 20.5. The summed E-state index contributed by atoms with van der Waals surface area (Å²) in [6.45, 7) is 10.4. The third-order valence-electron chi connectivity index (χ3n) is 10.3. The molecule has 1 aliphatic rings. The molecule has 0 amide bonds. The van der Waals surface area contributed by atoms with Gasteiger partial charge in [-0.2, -0.15) is 0 Å². The van der Waals surface area contributed by atoms with Crippen molar-refractivity contribution in [1.82, 2.24) is 15.0 Å². The third-order valence-corrected chi connectivity index (χ3v) is 15.4. The molecule has 3 aromatic heterocycles. The van der Waals surface area contributed by atoms with Gasteiger partial charge in [0.05, 0.1) is 31.2 Å². The number of carbonyl (C=O) groups excluding carboxylic acids is 2. The first-order valence-corrected chi connectivity index (χ1v) is 21.1. The zero-order valence-electron chi connectivity index (χ0n) is 33.5. The molecule has 1 unspecified atom stereocenters. The Labute approximate surface area is 334 Å². The first kappa shape index (κ1) is 41.4. The molecule has 0 fully saturated rings. The van der Waals surface area contributed by atoms with Crippen LogP contribution in [0.5, 0.6) is 0 Å². The largest absolute Gasteiger partial charge is 0.465 e. The Morgan fingerprint density at radius 1 is 0.737 bits per heavy atom. The topological polar surface area (TPSA) is 149 Å². The van der Waals surface area contributed by atoms with Crippen LogP contribution in [0.15, 0.2) is 111 Å². The van der Waals surface area contributed by atoms with Crippen molar-refractivity contribution in [2.45, 2.75) is 77.2 Å². The van der Waals surface area contributed by atoms with E-state index in [-0.39, 0.29) is 54.1 Å². The van der Waals surface area contributed by atoms with Crippen LogP contribution in [0.2, 0.25) is 5.04 Å². The van der Waals surface area contributed by atoms with Crippen LogP contribution in [-0.2, 0) is 28.2 Å². The number of nitrogens with zero attached hydrogens (tertiary/aromatic N) is 3. The van der Waals surface area contributed by atoms with E-state index in [2.05, 4.69) is 60.0 Å². The summed E-state index contributed by atoms with van der Waals surface area (Å²) in [5.41, 5.74) is 1.15. The summed E-state index contributed by atoms with van der Waals surface area (Å²) in [6.07, 6.45) is 10.4. The number of ketones is 1. The van der Waals surface area contributed by atoms with Crippen molar-refractivity contribution >= 4 is 36.5 Å². The minimum absolute atomic E-state index is 0.0264. The molecular weight excluding hydrogens is 743 g/mol. The van der Waals surface area contributed by atoms with Crippen molar-refractivity contribution in [2.24, 2.45) is 11.8 Å². The Balaban J connectivity index is 1.34. The number of aromatic nitrogens is 3. The second-order valence-electron chi connectivity index (χ2n) is 15.4. The van der Waals surface area contributed by atoms with Crippen molar-refractivity contribution < 1.29 is 41.5 Å². The van der Waals surface area contributed by atoms with E-state index in [0.717, 1.165) is 10.4 Å². The van der Waals surface area contributed by atoms with Crippen LogP contribution >= 0.6 is 0 Å². The minimum atomic E-state index is -3.09. The first-order valence-electron chi connectivity index (χ1n) is 19.2. The molecule has 57 heavy (non-hydrogen) atoms. The van der Waals surface area contributed by atoms with Crippen LogP contribution in [0.1, 0.15) is 71.6 Å². The fraction of sp³-hybridized carbons (Fsp3) is 0.386. The number of cyclic esters (lactones) is 1. The molecule has 5 aromatic rings. The Morgan fingerprint density at radius 3 is 2.00 bits per heavy atom. The number of ether oxygens (including phenoxy) is 3. The van der Waals surface area contributed by atoms with E-state index in [1.54, 1.807) is 26.2 Å². The lowest BCUT2D eigenvalue weighted by molar-refractivity contribution is -0.148. The molecule has 12 nitrogen and oxygen atoms in total. The number of benzene rings is 2. The predicted octanol–water partition coefficient (Wildman–Crippen LogP) is 7.77. The van der Waals surface area contributed by atoms with Gasteiger partial charge in [-0.25, -0.2) is 15.0 Å². The Kier molecular flexibility index (Phi) is 13.3. The maximum Gasteiger partial charge on any atom is 0.308 e. The van der Waals surface area contributed by atoms with Gasteiger partial charge >= 0.3 is 5.97 Å². The average Bonchev–Trinajstić information content (AvgIpc) is 4.00. The summed E-state index contributed by atoms with van der Waals surface area (Å²) in [7, 11) is 0.0600. The lowest BCUT2D eigenvalue weighted by Crippen LogP contribution is -2.67.